The van der Waals surface area contributed by atoms with Crippen molar-refractivity contribution in [2.24, 2.45) is 5.73 Å². The first-order valence-corrected chi connectivity index (χ1v) is 14.6. The van der Waals surface area contributed by atoms with Crippen LogP contribution >= 0.6 is 0 Å². The zero-order valence-electron chi connectivity index (χ0n) is 25.3. The molecule has 0 aliphatic carbocycles. The van der Waals surface area contributed by atoms with Crippen molar-refractivity contribution in [2.75, 3.05) is 20.3 Å². The molecule has 0 saturated carbocycles. The summed E-state index contributed by atoms with van der Waals surface area (Å²) in [4.78, 5) is 25.3. The molecule has 232 valence electrons. The number of amides is 1. The number of nitrogens with one attached hydrogen (secondary N) is 1. The molecule has 2 fully saturated rings. The topological polar surface area (TPSA) is 122 Å². The van der Waals surface area contributed by atoms with E-state index in [9.17, 15) is 9.59 Å². The first-order valence-electron chi connectivity index (χ1n) is 14.6. The molecule has 2 heterocycles. The van der Waals surface area contributed by atoms with Gasteiger partial charge in [0.1, 0.15) is 29.7 Å². The Balaban J connectivity index is 1.49. The Bertz CT molecular complexity index is 1350. The lowest BCUT2D eigenvalue weighted by Crippen LogP contribution is -2.44. The lowest BCUT2D eigenvalue weighted by atomic mass is 9.80. The molecule has 44 heavy (non-hydrogen) atoms. The number of carbonyl (C=O) groups excluding carboxylic acids is 2. The van der Waals surface area contributed by atoms with E-state index >= 15 is 0 Å². The summed E-state index contributed by atoms with van der Waals surface area (Å²) < 4.78 is 31.1. The van der Waals surface area contributed by atoms with Gasteiger partial charge in [-0.3, -0.25) is 4.79 Å². The fourth-order valence-electron chi connectivity index (χ4n) is 5.83. The number of hydrogen-bond donors (Lipinski definition) is 2. The molecule has 10 heteroatoms. The van der Waals surface area contributed by atoms with Crippen LogP contribution in [0, 0.1) is 0 Å². The highest BCUT2D eigenvalue weighted by Gasteiger charge is 2.56. The minimum Gasteiger partial charge on any atom is -0.461 e. The normalized spacial score (nSPS) is 22.9. The lowest BCUT2D eigenvalue weighted by Gasteiger charge is -2.37. The predicted molar refractivity (Wildman–Crippen MR) is 162 cm³/mol. The summed E-state index contributed by atoms with van der Waals surface area (Å²) in [5.74, 6) is -1.75. The van der Waals surface area contributed by atoms with Gasteiger partial charge in [-0.25, -0.2) is 4.79 Å². The Morgan fingerprint density at radius 2 is 1.43 bits per heavy atom. The van der Waals surface area contributed by atoms with Crippen molar-refractivity contribution in [3.8, 4) is 0 Å². The van der Waals surface area contributed by atoms with E-state index in [1.807, 2.05) is 105 Å². The molecule has 10 nitrogen and oxygen atoms in total. The highest BCUT2D eigenvalue weighted by Crippen LogP contribution is 2.43. The zero-order valence-corrected chi connectivity index (χ0v) is 25.3. The predicted octanol–water partition coefficient (Wildman–Crippen LogP) is 3.61. The van der Waals surface area contributed by atoms with Gasteiger partial charge in [0, 0.05) is 7.05 Å². The third-order valence-corrected chi connectivity index (χ3v) is 7.69. The highest BCUT2D eigenvalue weighted by molar-refractivity contribution is 5.90. The van der Waals surface area contributed by atoms with Crippen LogP contribution in [0.3, 0.4) is 0 Å². The highest BCUT2D eigenvalue weighted by atomic mass is 16.8. The monoisotopic (exact) mass is 601 g/mol. The van der Waals surface area contributed by atoms with E-state index in [-0.39, 0.29) is 24.7 Å². The average Bonchev–Trinajstić information content (AvgIpc) is 3.52. The number of rotatable bonds is 12. The number of nitrogens with two attached hydrogens (primary N) is 1. The molecule has 2 aliphatic rings. The summed E-state index contributed by atoms with van der Waals surface area (Å²) >= 11 is 0. The molecule has 0 unspecified atom stereocenters. The first-order chi connectivity index (χ1) is 21.2. The summed E-state index contributed by atoms with van der Waals surface area (Å²) in [5, 5.41) is 3.04. The number of esters is 1. The second-order valence-corrected chi connectivity index (χ2v) is 11.1. The zero-order chi connectivity index (χ0) is 31.3. The molecule has 0 bridgehead atoms. The van der Waals surface area contributed by atoms with Gasteiger partial charge in [0.25, 0.3) is 0 Å². The van der Waals surface area contributed by atoms with Crippen LogP contribution in [0.4, 0.5) is 0 Å². The van der Waals surface area contributed by atoms with Crippen molar-refractivity contribution in [2.45, 2.75) is 56.7 Å². The first kappa shape index (κ1) is 31.2. The molecule has 0 spiro atoms. The fraction of sp³-hybridized carbons (Fsp3) is 0.353. The van der Waals surface area contributed by atoms with E-state index in [0.717, 1.165) is 21.6 Å². The van der Waals surface area contributed by atoms with Gasteiger partial charge in [-0.05, 0) is 37.5 Å². The number of nitrogens with zero attached hydrogens (tertiary/aromatic N) is 1. The van der Waals surface area contributed by atoms with E-state index in [1.54, 1.807) is 6.92 Å². The van der Waals surface area contributed by atoms with Crippen LogP contribution in [-0.4, -0.2) is 67.9 Å². The largest absolute Gasteiger partial charge is 0.461 e. The van der Waals surface area contributed by atoms with E-state index < -0.39 is 41.9 Å². The summed E-state index contributed by atoms with van der Waals surface area (Å²) in [6, 6.07) is 30.2. The third-order valence-electron chi connectivity index (χ3n) is 7.69. The molecule has 2 aliphatic heterocycles. The van der Waals surface area contributed by atoms with Gasteiger partial charge in [0.15, 0.2) is 17.7 Å². The Kier molecular flexibility index (Phi) is 9.36. The minimum absolute atomic E-state index is 0.0936. The van der Waals surface area contributed by atoms with Crippen LogP contribution in [0.25, 0.3) is 0 Å². The van der Waals surface area contributed by atoms with Gasteiger partial charge in [0.05, 0.1) is 13.2 Å². The van der Waals surface area contributed by atoms with Gasteiger partial charge >= 0.3 is 5.97 Å². The van der Waals surface area contributed by atoms with Crippen molar-refractivity contribution in [3.63, 3.8) is 0 Å². The number of fused-ring (bicyclic) bond motifs is 1. The summed E-state index contributed by atoms with van der Waals surface area (Å²) in [6.45, 7) is 5.56. The summed E-state index contributed by atoms with van der Waals surface area (Å²) in [5.41, 5.74) is 8.08. The van der Waals surface area contributed by atoms with E-state index in [0.29, 0.717) is 6.41 Å². The molecule has 3 aromatic carbocycles. The fourth-order valence-corrected chi connectivity index (χ4v) is 5.83. The van der Waals surface area contributed by atoms with Crippen molar-refractivity contribution in [1.29, 1.82) is 0 Å². The summed E-state index contributed by atoms with van der Waals surface area (Å²) in [6.07, 6.45) is -2.05. The van der Waals surface area contributed by atoms with Crippen molar-refractivity contribution in [1.82, 2.24) is 10.2 Å². The van der Waals surface area contributed by atoms with Crippen LogP contribution in [0.2, 0.25) is 0 Å². The molecule has 2 saturated heterocycles. The number of benzene rings is 3. The van der Waals surface area contributed by atoms with Crippen molar-refractivity contribution < 1.29 is 33.3 Å². The Labute approximate surface area is 257 Å². The van der Waals surface area contributed by atoms with Gasteiger partial charge in [0.2, 0.25) is 6.41 Å². The number of ether oxygens (including phenoxy) is 5. The number of hydrogen-bond acceptors (Lipinski definition) is 9. The lowest BCUT2D eigenvalue weighted by molar-refractivity contribution is -0.197. The van der Waals surface area contributed by atoms with Crippen molar-refractivity contribution in [3.05, 3.63) is 119 Å². The quantitative estimate of drug-likeness (QED) is 0.139. The maximum Gasteiger partial charge on any atom is 0.358 e. The van der Waals surface area contributed by atoms with Crippen molar-refractivity contribution >= 4 is 12.4 Å². The second-order valence-electron chi connectivity index (χ2n) is 11.1. The van der Waals surface area contributed by atoms with Gasteiger partial charge in [-0.1, -0.05) is 91.0 Å². The van der Waals surface area contributed by atoms with E-state index in [1.165, 1.54) is 7.05 Å². The molecule has 0 aromatic heterocycles. The van der Waals surface area contributed by atoms with Gasteiger partial charge in [-0.2, -0.15) is 0 Å². The Morgan fingerprint density at radius 3 is 1.91 bits per heavy atom. The molecule has 5 rings (SSSR count). The van der Waals surface area contributed by atoms with Crippen LogP contribution < -0.4 is 11.1 Å². The van der Waals surface area contributed by atoms with Gasteiger partial charge in [-0.15, -0.1) is 0 Å². The smallest absolute Gasteiger partial charge is 0.358 e. The molecular formula is C34H39N3O7. The molecular weight excluding hydrogens is 562 g/mol. The minimum atomic E-state index is -0.966. The Morgan fingerprint density at radius 1 is 0.932 bits per heavy atom. The van der Waals surface area contributed by atoms with Gasteiger partial charge < -0.3 is 39.6 Å². The molecule has 3 aromatic rings. The molecule has 3 N–H and O–H groups in total. The number of likely N-dealkylation sites (N-methyl/N-ethyl adjacent to an activating group) is 1. The second kappa shape index (κ2) is 13.2. The average molecular weight is 602 g/mol. The SMILES string of the molecule is CCOC(=O)/C(=C(\N)[14NH][C@@H]1O[C@H](COC(c2ccccc2)(c2ccccc2)c2ccccc2)[C@H]2OC(C)(C)O[C@H]21)N(C)C=O. The Hall–Kier alpha value is -4.22. The van der Waals surface area contributed by atoms with Crippen LogP contribution in [0.5, 0.6) is 0 Å². The van der Waals surface area contributed by atoms with Crippen LogP contribution in [0.1, 0.15) is 37.5 Å². The molecule has 0 radical (unpaired) electrons. The standard InChI is InChI=1S/C34H39N3O7/c1-5-40-32(39)27(37(4)22-38)30(35)36-31-29-28(43-33(2,3)44-29)26(42-31)21-41-34(23-15-9-6-10-16-23,24-17-11-7-12-18-24)25-19-13-8-14-20-25/h6-20,22,26,28-29,31,36H,5,21,35H2,1-4H3/b30-27-/t26-,28-,29-,31-/m1/s1/i36+0. The maximum absolute atomic E-state index is 12.7. The molecule has 1 amide bonds. The third kappa shape index (κ3) is 6.20. The van der Waals surface area contributed by atoms with Crippen LogP contribution in [-0.2, 0) is 38.9 Å². The van der Waals surface area contributed by atoms with E-state index in [2.05, 4.69) is 5.32 Å². The van der Waals surface area contributed by atoms with Crippen LogP contribution in [0.15, 0.2) is 103 Å². The number of carbonyl (C=O) groups is 2. The summed E-state index contributed by atoms with van der Waals surface area (Å²) in [7, 11) is 1.41. The van der Waals surface area contributed by atoms with E-state index in [4.69, 9.17) is 29.4 Å². The molecule has 4 atom stereocenters. The maximum atomic E-state index is 12.7.